The van der Waals surface area contributed by atoms with Crippen LogP contribution in [0.15, 0.2) is 0 Å². The first-order chi connectivity index (χ1) is 9.98. The van der Waals surface area contributed by atoms with Crippen molar-refractivity contribution < 1.29 is 31.3 Å². The molecule has 2 N–H and O–H groups in total. The van der Waals surface area contributed by atoms with Crippen LogP contribution in [0.5, 0.6) is 0 Å². The zero-order valence-electron chi connectivity index (χ0n) is 12.8. The highest BCUT2D eigenvalue weighted by molar-refractivity contribution is 7.87. The molecule has 0 saturated heterocycles. The average Bonchev–Trinajstić information content (AvgIpc) is 2.43. The third-order valence-electron chi connectivity index (χ3n) is 4.04. The summed E-state index contributed by atoms with van der Waals surface area (Å²) in [6.07, 6.45) is 5.55. The van der Waals surface area contributed by atoms with E-state index in [9.17, 15) is 22.0 Å². The molecule has 0 spiro atoms. The second-order valence-electron chi connectivity index (χ2n) is 6.03. The summed E-state index contributed by atoms with van der Waals surface area (Å²) in [5.41, 5.74) is -0.434. The lowest BCUT2D eigenvalue weighted by Gasteiger charge is -2.37. The number of nitrogens with one attached hydrogen (secondary N) is 1. The van der Waals surface area contributed by atoms with Gasteiger partial charge in [-0.05, 0) is 32.6 Å². The van der Waals surface area contributed by atoms with E-state index in [0.717, 1.165) is 25.7 Å². The van der Waals surface area contributed by atoms with Crippen LogP contribution in [0.2, 0.25) is 0 Å². The first-order valence-electron chi connectivity index (χ1n) is 7.25. The van der Waals surface area contributed by atoms with Gasteiger partial charge in [-0.2, -0.15) is 17.2 Å². The Morgan fingerprint density at radius 1 is 1.27 bits per heavy atom. The fourth-order valence-corrected chi connectivity index (χ4v) is 2.92. The van der Waals surface area contributed by atoms with Gasteiger partial charge >= 0.3 is 21.3 Å². The third kappa shape index (κ3) is 4.85. The van der Waals surface area contributed by atoms with E-state index in [4.69, 9.17) is 9.29 Å². The van der Waals surface area contributed by atoms with E-state index in [-0.39, 0.29) is 13.2 Å². The Morgan fingerprint density at radius 3 is 2.32 bits per heavy atom. The quantitative estimate of drug-likeness (QED) is 0.544. The highest BCUT2D eigenvalue weighted by Gasteiger charge is 2.52. The molecule has 9 heteroatoms. The summed E-state index contributed by atoms with van der Waals surface area (Å²) in [7, 11) is -5.77. The zero-order valence-corrected chi connectivity index (χ0v) is 13.6. The fourth-order valence-electron chi connectivity index (χ4n) is 2.61. The van der Waals surface area contributed by atoms with Crippen molar-refractivity contribution in [2.45, 2.75) is 56.8 Å². The second-order valence-corrected chi connectivity index (χ2v) is 7.50. The lowest BCUT2D eigenvalue weighted by atomic mass is 9.79. The molecule has 0 aromatic rings. The summed E-state index contributed by atoms with van der Waals surface area (Å²) < 4.78 is 60.7. The van der Waals surface area contributed by atoms with Gasteiger partial charge in [-0.1, -0.05) is 19.3 Å². The SMILES string of the molecule is CC(C)(OCCNC(=O)C(F)(F)S(=O)(=O)O)C1CCCCC1. The van der Waals surface area contributed by atoms with Crippen LogP contribution in [-0.2, 0) is 19.6 Å². The van der Waals surface area contributed by atoms with Crippen molar-refractivity contribution in [1.29, 1.82) is 0 Å². The van der Waals surface area contributed by atoms with Crippen LogP contribution in [0.1, 0.15) is 46.0 Å². The minimum Gasteiger partial charge on any atom is -0.373 e. The van der Waals surface area contributed by atoms with Crippen LogP contribution in [0.3, 0.4) is 0 Å². The predicted octanol–water partition coefficient (Wildman–Crippen LogP) is 1.96. The molecule has 22 heavy (non-hydrogen) atoms. The normalized spacial score (nSPS) is 18.2. The van der Waals surface area contributed by atoms with Crippen molar-refractivity contribution in [1.82, 2.24) is 5.32 Å². The molecule has 1 aliphatic carbocycles. The Bertz CT molecular complexity index is 487. The van der Waals surface area contributed by atoms with Gasteiger partial charge in [0, 0.05) is 6.54 Å². The maximum absolute atomic E-state index is 13.0. The van der Waals surface area contributed by atoms with Crippen LogP contribution in [-0.4, -0.2) is 42.9 Å². The van der Waals surface area contributed by atoms with E-state index in [1.54, 1.807) is 5.32 Å². The number of rotatable bonds is 7. The van der Waals surface area contributed by atoms with Crippen molar-refractivity contribution in [3.05, 3.63) is 0 Å². The highest BCUT2D eigenvalue weighted by atomic mass is 32.2. The van der Waals surface area contributed by atoms with Gasteiger partial charge in [0.25, 0.3) is 0 Å². The van der Waals surface area contributed by atoms with Gasteiger partial charge in [0.2, 0.25) is 0 Å². The van der Waals surface area contributed by atoms with Crippen LogP contribution >= 0.6 is 0 Å². The van der Waals surface area contributed by atoms with E-state index in [1.165, 1.54) is 6.42 Å². The molecule has 1 saturated carbocycles. The van der Waals surface area contributed by atoms with E-state index in [1.807, 2.05) is 13.8 Å². The molecule has 0 atom stereocenters. The Hall–Kier alpha value is -0.800. The minimum absolute atomic E-state index is 0.0171. The molecular formula is C13H23F2NO5S. The van der Waals surface area contributed by atoms with Gasteiger partial charge < -0.3 is 10.1 Å². The van der Waals surface area contributed by atoms with Crippen molar-refractivity contribution in [3.63, 3.8) is 0 Å². The van der Waals surface area contributed by atoms with Gasteiger partial charge in [0.05, 0.1) is 12.2 Å². The number of carbonyl (C=O) groups excluding carboxylic acids is 1. The molecule has 1 rings (SSSR count). The molecule has 0 aromatic carbocycles. The monoisotopic (exact) mass is 343 g/mol. The predicted molar refractivity (Wildman–Crippen MR) is 76.1 cm³/mol. The first kappa shape index (κ1) is 19.2. The number of hydrogen-bond donors (Lipinski definition) is 2. The molecule has 0 unspecified atom stereocenters. The van der Waals surface area contributed by atoms with Crippen LogP contribution in [0, 0.1) is 5.92 Å². The summed E-state index contributed by atoms with van der Waals surface area (Å²) in [5, 5.41) is -3.10. The zero-order chi connectivity index (χ0) is 17.0. The fraction of sp³-hybridized carbons (Fsp3) is 0.923. The molecule has 0 aromatic heterocycles. The third-order valence-corrected chi connectivity index (χ3v) is 4.87. The molecule has 1 amide bonds. The van der Waals surface area contributed by atoms with E-state index < -0.39 is 26.9 Å². The highest BCUT2D eigenvalue weighted by Crippen LogP contribution is 2.34. The van der Waals surface area contributed by atoms with Crippen molar-refractivity contribution >= 4 is 16.0 Å². The Kier molecular flexibility index (Phi) is 6.28. The van der Waals surface area contributed by atoms with Gasteiger partial charge in [-0.3, -0.25) is 9.35 Å². The number of halogens is 2. The number of ether oxygens (including phenoxy) is 1. The molecule has 1 aliphatic rings. The van der Waals surface area contributed by atoms with E-state index >= 15 is 0 Å². The van der Waals surface area contributed by atoms with Gasteiger partial charge in [0.1, 0.15) is 0 Å². The summed E-state index contributed by atoms with van der Waals surface area (Å²) in [6.45, 7) is 3.55. The smallest absolute Gasteiger partial charge is 0.373 e. The molecular weight excluding hydrogens is 320 g/mol. The van der Waals surface area contributed by atoms with Crippen molar-refractivity contribution in [2.75, 3.05) is 13.2 Å². The van der Waals surface area contributed by atoms with Crippen molar-refractivity contribution in [2.24, 2.45) is 5.92 Å². The molecule has 0 heterocycles. The van der Waals surface area contributed by atoms with Crippen LogP contribution < -0.4 is 5.32 Å². The maximum atomic E-state index is 13.0. The average molecular weight is 343 g/mol. The number of hydrogen-bond acceptors (Lipinski definition) is 4. The standard InChI is InChI=1S/C13H23F2NO5S/c1-12(2,10-6-4-3-5-7-10)21-9-8-16-11(17)13(14,15)22(18,19)20/h10H,3-9H2,1-2H3,(H,16,17)(H,18,19,20). The molecule has 6 nitrogen and oxygen atoms in total. The second kappa shape index (κ2) is 7.18. The van der Waals surface area contributed by atoms with E-state index in [2.05, 4.69) is 0 Å². The summed E-state index contributed by atoms with van der Waals surface area (Å²) in [6, 6.07) is 0. The lowest BCUT2D eigenvalue weighted by Crippen LogP contribution is -2.47. The van der Waals surface area contributed by atoms with E-state index in [0.29, 0.717) is 5.92 Å². The molecule has 1 fully saturated rings. The maximum Gasteiger partial charge on any atom is 0.446 e. The molecule has 0 bridgehead atoms. The van der Waals surface area contributed by atoms with Crippen molar-refractivity contribution in [3.8, 4) is 0 Å². The molecule has 0 aliphatic heterocycles. The van der Waals surface area contributed by atoms with Crippen LogP contribution in [0.4, 0.5) is 8.78 Å². The largest absolute Gasteiger partial charge is 0.446 e. The first-order valence-corrected chi connectivity index (χ1v) is 8.69. The molecule has 0 radical (unpaired) electrons. The minimum atomic E-state index is -5.77. The topological polar surface area (TPSA) is 92.7 Å². The van der Waals surface area contributed by atoms with Crippen LogP contribution in [0.25, 0.3) is 0 Å². The Balaban J connectivity index is 2.40. The number of amides is 1. The Labute approximate surface area is 129 Å². The summed E-state index contributed by atoms with van der Waals surface area (Å²) >= 11 is 0. The Morgan fingerprint density at radius 2 is 1.82 bits per heavy atom. The summed E-state index contributed by atoms with van der Waals surface area (Å²) in [4.78, 5) is 11.1. The number of carbonyl (C=O) groups is 1. The summed E-state index contributed by atoms with van der Waals surface area (Å²) in [5.74, 6) is -1.69. The van der Waals surface area contributed by atoms with Gasteiger partial charge in [-0.15, -0.1) is 0 Å². The molecule has 130 valence electrons. The van der Waals surface area contributed by atoms with Gasteiger partial charge in [-0.25, -0.2) is 0 Å². The number of alkyl halides is 2. The lowest BCUT2D eigenvalue weighted by molar-refractivity contribution is -0.137. The van der Waals surface area contributed by atoms with Gasteiger partial charge in [0.15, 0.2) is 0 Å².